The number of nitrogens with zero attached hydrogens (tertiary/aromatic N) is 3. The minimum absolute atomic E-state index is 0.129. The number of benzene rings is 2. The summed E-state index contributed by atoms with van der Waals surface area (Å²) in [5.74, 6) is 2.06. The Morgan fingerprint density at radius 1 is 1.12 bits per heavy atom. The molecule has 33 heavy (non-hydrogen) atoms. The van der Waals surface area contributed by atoms with Gasteiger partial charge in [-0.2, -0.15) is 0 Å². The molecular weight excluding hydrogens is 422 g/mol. The lowest BCUT2D eigenvalue weighted by Gasteiger charge is -2.31. The van der Waals surface area contributed by atoms with E-state index in [0.717, 1.165) is 0 Å². The number of hydrogen-bond donors (Lipinski definition) is 0. The van der Waals surface area contributed by atoms with Crippen LogP contribution in [0.15, 0.2) is 70.1 Å². The van der Waals surface area contributed by atoms with E-state index in [1.54, 1.807) is 48.5 Å². The zero-order valence-corrected chi connectivity index (χ0v) is 18.4. The fourth-order valence-electron chi connectivity index (χ4n) is 4.16. The summed E-state index contributed by atoms with van der Waals surface area (Å²) in [4.78, 5) is 33.3. The lowest BCUT2D eigenvalue weighted by molar-refractivity contribution is 0.0622. The molecule has 2 aromatic carbocycles. The molecule has 1 amide bonds. The van der Waals surface area contributed by atoms with E-state index >= 15 is 0 Å². The van der Waals surface area contributed by atoms with Crippen molar-refractivity contribution in [1.82, 2.24) is 14.5 Å². The molecule has 3 heterocycles. The average molecular weight is 445 g/mol. The molecule has 0 aliphatic carbocycles. The molecule has 1 aliphatic rings. The zero-order chi connectivity index (χ0) is 22.9. The number of carbonyl (C=O) groups excluding carboxylic acids is 1. The molecule has 0 spiro atoms. The van der Waals surface area contributed by atoms with Crippen LogP contribution >= 0.6 is 0 Å². The second kappa shape index (κ2) is 8.46. The number of carbonyl (C=O) groups is 1. The minimum Gasteiger partial charge on any atom is -0.467 e. The Morgan fingerprint density at radius 2 is 1.94 bits per heavy atom. The third-order valence-electron chi connectivity index (χ3n) is 5.87. The van der Waals surface area contributed by atoms with Crippen LogP contribution in [0.2, 0.25) is 0 Å². The molecule has 0 bridgehead atoms. The summed E-state index contributed by atoms with van der Waals surface area (Å²) in [6.07, 6.45) is 2.12. The summed E-state index contributed by atoms with van der Waals surface area (Å²) in [5, 5.41) is 0.540. The molecule has 8 nitrogen and oxygen atoms in total. The molecule has 4 aromatic rings. The Morgan fingerprint density at radius 3 is 2.73 bits per heavy atom. The first-order valence-electron chi connectivity index (χ1n) is 10.8. The lowest BCUT2D eigenvalue weighted by atomic mass is 10.1. The summed E-state index contributed by atoms with van der Waals surface area (Å²) in [6.45, 7) is 2.32. The Labute approximate surface area is 190 Å². The van der Waals surface area contributed by atoms with Gasteiger partial charge in [-0.15, -0.1) is 0 Å². The van der Waals surface area contributed by atoms with E-state index in [2.05, 4.69) is 0 Å². The SMILES string of the molecule is CCC(c1nc2ccccc2c(=O)n1C)N(Cc1ccco1)C(=O)c1ccc2c(c1)OCO2. The summed E-state index contributed by atoms with van der Waals surface area (Å²) >= 11 is 0. The Kier molecular flexibility index (Phi) is 5.34. The van der Waals surface area contributed by atoms with Crippen LogP contribution in [-0.4, -0.2) is 27.2 Å². The van der Waals surface area contributed by atoms with Gasteiger partial charge >= 0.3 is 0 Å². The van der Waals surface area contributed by atoms with Crippen molar-refractivity contribution in [3.8, 4) is 11.5 Å². The van der Waals surface area contributed by atoms with Crippen LogP contribution in [0.1, 0.15) is 41.3 Å². The van der Waals surface area contributed by atoms with Crippen LogP contribution in [-0.2, 0) is 13.6 Å². The van der Waals surface area contributed by atoms with E-state index in [-0.39, 0.29) is 24.8 Å². The highest BCUT2D eigenvalue weighted by Gasteiger charge is 2.30. The molecule has 0 saturated carbocycles. The molecule has 8 heteroatoms. The van der Waals surface area contributed by atoms with Crippen LogP contribution in [0.25, 0.3) is 10.9 Å². The van der Waals surface area contributed by atoms with Crippen molar-refractivity contribution >= 4 is 16.8 Å². The number of rotatable bonds is 6. The van der Waals surface area contributed by atoms with Gasteiger partial charge in [-0.1, -0.05) is 19.1 Å². The molecule has 0 fully saturated rings. The van der Waals surface area contributed by atoms with Gasteiger partial charge in [0.15, 0.2) is 11.5 Å². The minimum atomic E-state index is -0.463. The quantitative estimate of drug-likeness (QED) is 0.445. The number of para-hydroxylation sites is 1. The van der Waals surface area contributed by atoms with E-state index in [1.165, 1.54) is 4.57 Å². The first kappa shape index (κ1) is 20.8. The maximum atomic E-state index is 13.8. The van der Waals surface area contributed by atoms with Gasteiger partial charge in [0, 0.05) is 12.6 Å². The van der Waals surface area contributed by atoms with Crippen LogP contribution in [0.5, 0.6) is 11.5 Å². The molecule has 1 aliphatic heterocycles. The van der Waals surface area contributed by atoms with E-state index in [9.17, 15) is 9.59 Å². The largest absolute Gasteiger partial charge is 0.467 e. The maximum absolute atomic E-state index is 13.8. The second-order valence-electron chi connectivity index (χ2n) is 7.86. The van der Waals surface area contributed by atoms with Gasteiger partial charge in [-0.05, 0) is 48.9 Å². The number of amides is 1. The summed E-state index contributed by atoms with van der Waals surface area (Å²) < 4.78 is 17.9. The molecule has 1 atom stereocenters. The smallest absolute Gasteiger partial charge is 0.261 e. The van der Waals surface area contributed by atoms with Crippen molar-refractivity contribution in [2.45, 2.75) is 25.9 Å². The van der Waals surface area contributed by atoms with Crippen molar-refractivity contribution in [3.05, 3.63) is 88.4 Å². The molecule has 168 valence electrons. The monoisotopic (exact) mass is 445 g/mol. The van der Waals surface area contributed by atoms with Crippen molar-refractivity contribution < 1.29 is 18.7 Å². The van der Waals surface area contributed by atoms with Crippen molar-refractivity contribution in [1.29, 1.82) is 0 Å². The summed E-state index contributed by atoms with van der Waals surface area (Å²) in [5.41, 5.74) is 0.903. The molecule has 2 aromatic heterocycles. The third-order valence-corrected chi connectivity index (χ3v) is 5.87. The average Bonchev–Trinajstić information content (AvgIpc) is 3.53. The van der Waals surface area contributed by atoms with Crippen LogP contribution < -0.4 is 15.0 Å². The van der Waals surface area contributed by atoms with Gasteiger partial charge in [-0.3, -0.25) is 14.2 Å². The standard InChI is InChI=1S/C25H23N3O5/c1-3-20(23-26-19-9-5-4-8-18(19)25(30)27(23)2)28(14-17-7-6-12-31-17)24(29)16-10-11-21-22(13-16)33-15-32-21/h4-13,20H,3,14-15H2,1-2H3. The number of aromatic nitrogens is 2. The highest BCUT2D eigenvalue weighted by atomic mass is 16.7. The maximum Gasteiger partial charge on any atom is 0.261 e. The topological polar surface area (TPSA) is 86.8 Å². The lowest BCUT2D eigenvalue weighted by Crippen LogP contribution is -2.38. The highest BCUT2D eigenvalue weighted by molar-refractivity contribution is 5.95. The molecule has 0 saturated heterocycles. The van der Waals surface area contributed by atoms with Crippen molar-refractivity contribution in [2.24, 2.45) is 7.05 Å². The summed E-state index contributed by atoms with van der Waals surface area (Å²) in [7, 11) is 1.69. The number of fused-ring (bicyclic) bond motifs is 2. The number of furan rings is 1. The molecule has 1 unspecified atom stereocenters. The van der Waals surface area contributed by atoms with E-state index in [4.69, 9.17) is 18.9 Å². The van der Waals surface area contributed by atoms with Crippen molar-refractivity contribution in [3.63, 3.8) is 0 Å². The van der Waals surface area contributed by atoms with Gasteiger partial charge in [0.2, 0.25) is 6.79 Å². The van der Waals surface area contributed by atoms with Crippen LogP contribution in [0, 0.1) is 0 Å². The first-order valence-corrected chi connectivity index (χ1v) is 10.8. The van der Waals surface area contributed by atoms with E-state index in [0.29, 0.717) is 46.0 Å². The second-order valence-corrected chi connectivity index (χ2v) is 7.86. The summed E-state index contributed by atoms with van der Waals surface area (Å²) in [6, 6.07) is 15.5. The molecule has 0 radical (unpaired) electrons. The van der Waals surface area contributed by atoms with Gasteiger partial charge in [0.1, 0.15) is 11.6 Å². The third kappa shape index (κ3) is 3.73. The van der Waals surface area contributed by atoms with Gasteiger partial charge in [-0.25, -0.2) is 4.98 Å². The number of hydrogen-bond acceptors (Lipinski definition) is 6. The fraction of sp³-hybridized carbons (Fsp3) is 0.240. The predicted molar refractivity (Wildman–Crippen MR) is 121 cm³/mol. The zero-order valence-electron chi connectivity index (χ0n) is 18.4. The van der Waals surface area contributed by atoms with E-state index in [1.807, 2.05) is 31.2 Å². The Hall–Kier alpha value is -4.07. The van der Waals surface area contributed by atoms with Gasteiger partial charge < -0.3 is 18.8 Å². The molecule has 0 N–H and O–H groups in total. The highest BCUT2D eigenvalue weighted by Crippen LogP contribution is 2.34. The molecular formula is C25H23N3O5. The van der Waals surface area contributed by atoms with Crippen LogP contribution in [0.4, 0.5) is 0 Å². The predicted octanol–water partition coefficient (Wildman–Crippen LogP) is 4.05. The Bertz CT molecular complexity index is 1380. The normalized spacial score (nSPS) is 13.3. The fourth-order valence-corrected chi connectivity index (χ4v) is 4.16. The van der Waals surface area contributed by atoms with Crippen LogP contribution in [0.3, 0.4) is 0 Å². The number of ether oxygens (including phenoxy) is 2. The van der Waals surface area contributed by atoms with Crippen molar-refractivity contribution in [2.75, 3.05) is 6.79 Å². The molecule has 5 rings (SSSR count). The van der Waals surface area contributed by atoms with Gasteiger partial charge in [0.25, 0.3) is 11.5 Å². The first-order chi connectivity index (χ1) is 16.1. The van der Waals surface area contributed by atoms with E-state index < -0.39 is 6.04 Å². The Balaban J connectivity index is 1.61. The van der Waals surface area contributed by atoms with Gasteiger partial charge in [0.05, 0.1) is 29.8 Å².